The zero-order valence-corrected chi connectivity index (χ0v) is 11.0. The van der Waals surface area contributed by atoms with E-state index in [9.17, 15) is 4.79 Å². The summed E-state index contributed by atoms with van der Waals surface area (Å²) in [7, 11) is 0. The van der Waals surface area contributed by atoms with Crippen molar-refractivity contribution < 1.29 is 4.79 Å². The van der Waals surface area contributed by atoms with Crippen molar-refractivity contribution in [3.05, 3.63) is 42.2 Å². The molecule has 0 bridgehead atoms. The molecule has 0 saturated heterocycles. The number of nitrogens with one attached hydrogen (secondary N) is 2. The molecule has 0 aliphatic heterocycles. The summed E-state index contributed by atoms with van der Waals surface area (Å²) in [5.41, 5.74) is 4.18. The summed E-state index contributed by atoms with van der Waals surface area (Å²) < 4.78 is 3.68. The predicted molar refractivity (Wildman–Crippen MR) is 77.4 cm³/mol. The summed E-state index contributed by atoms with van der Waals surface area (Å²) >= 11 is 1.10. The molecule has 100 valence electrons. The van der Waals surface area contributed by atoms with E-state index in [1.807, 2.05) is 24.3 Å². The first-order valence-corrected chi connectivity index (χ1v) is 6.50. The van der Waals surface area contributed by atoms with Gasteiger partial charge in [0.1, 0.15) is 10.7 Å². The van der Waals surface area contributed by atoms with Crippen molar-refractivity contribution in [1.82, 2.24) is 14.6 Å². The van der Waals surface area contributed by atoms with Gasteiger partial charge in [-0.05, 0) is 12.1 Å². The first kappa shape index (κ1) is 12.5. The summed E-state index contributed by atoms with van der Waals surface area (Å²) in [6.45, 7) is 0. The third kappa shape index (κ3) is 2.29. The van der Waals surface area contributed by atoms with Crippen molar-refractivity contribution in [3.63, 3.8) is 0 Å². The molecule has 3 aromatic rings. The number of nitrogen functional groups attached to an aromatic ring is 1. The number of hydrogen-bond acceptors (Lipinski definition) is 7. The molecule has 20 heavy (non-hydrogen) atoms. The second-order valence-electron chi connectivity index (χ2n) is 3.95. The molecular formula is C12H10N6OS. The summed E-state index contributed by atoms with van der Waals surface area (Å²) in [6, 6.07) is 9.04. The van der Waals surface area contributed by atoms with Crippen molar-refractivity contribution in [3.8, 4) is 0 Å². The predicted octanol–water partition coefficient (Wildman–Crippen LogP) is 1.62. The Morgan fingerprint density at radius 1 is 1.30 bits per heavy atom. The van der Waals surface area contributed by atoms with E-state index in [0.717, 1.165) is 16.9 Å². The van der Waals surface area contributed by atoms with Crippen LogP contribution < -0.4 is 16.6 Å². The first-order valence-electron chi connectivity index (χ1n) is 5.73. The van der Waals surface area contributed by atoms with Crippen molar-refractivity contribution in [1.29, 1.82) is 0 Å². The third-order valence-corrected chi connectivity index (χ3v) is 3.28. The highest BCUT2D eigenvalue weighted by Crippen LogP contribution is 2.22. The highest BCUT2D eigenvalue weighted by Gasteiger charge is 2.12. The minimum atomic E-state index is -0.335. The van der Waals surface area contributed by atoms with Gasteiger partial charge in [0.25, 0.3) is 5.91 Å². The Morgan fingerprint density at radius 3 is 2.90 bits per heavy atom. The molecule has 0 aliphatic carbocycles. The molecule has 0 atom stereocenters. The van der Waals surface area contributed by atoms with E-state index in [1.54, 1.807) is 6.07 Å². The normalized spacial score (nSPS) is 10.4. The standard InChI is InChI=1S/C12H10N6OS/c13-17-9-5-10(12(19)16-11-6-14-18-20-11)15-8-4-2-1-3-7(8)9/h1-6H,13H2,(H,15,17)(H,16,19). The first-order chi connectivity index (χ1) is 9.78. The van der Waals surface area contributed by atoms with Gasteiger partial charge in [0, 0.05) is 16.9 Å². The maximum atomic E-state index is 12.1. The number of anilines is 2. The smallest absolute Gasteiger partial charge is 0.275 e. The van der Waals surface area contributed by atoms with Crippen LogP contribution in [0.1, 0.15) is 10.5 Å². The molecule has 8 heteroatoms. The number of carbonyl (C=O) groups is 1. The molecule has 1 amide bonds. The lowest BCUT2D eigenvalue weighted by atomic mass is 10.1. The van der Waals surface area contributed by atoms with Crippen LogP contribution in [-0.2, 0) is 0 Å². The van der Waals surface area contributed by atoms with Gasteiger partial charge in [-0.3, -0.25) is 10.6 Å². The molecule has 0 radical (unpaired) electrons. The highest BCUT2D eigenvalue weighted by molar-refractivity contribution is 7.10. The Labute approximate surface area is 118 Å². The number of carbonyl (C=O) groups excluding carboxylic acids is 1. The van der Waals surface area contributed by atoms with Gasteiger partial charge in [-0.15, -0.1) is 5.10 Å². The molecule has 0 unspecified atom stereocenters. The summed E-state index contributed by atoms with van der Waals surface area (Å²) in [5, 5.41) is 7.75. The Bertz CT molecular complexity index is 758. The Hall–Kier alpha value is -2.58. The number of pyridine rings is 1. The minimum absolute atomic E-state index is 0.269. The van der Waals surface area contributed by atoms with Crippen LogP contribution in [0.5, 0.6) is 0 Å². The number of hydrogen-bond donors (Lipinski definition) is 3. The monoisotopic (exact) mass is 286 g/mol. The fourth-order valence-corrected chi connectivity index (χ4v) is 2.22. The minimum Gasteiger partial charge on any atom is -0.323 e. The van der Waals surface area contributed by atoms with E-state index < -0.39 is 0 Å². The number of aromatic nitrogens is 3. The molecular weight excluding hydrogens is 276 g/mol. The SMILES string of the molecule is NNc1cc(C(=O)Nc2cnns2)nc2ccccc12. The number of nitrogens with zero attached hydrogens (tertiary/aromatic N) is 3. The van der Waals surface area contributed by atoms with E-state index in [0.29, 0.717) is 16.2 Å². The Balaban J connectivity index is 2.01. The van der Waals surface area contributed by atoms with Crippen molar-refractivity contribution in [2.24, 2.45) is 5.84 Å². The van der Waals surface area contributed by atoms with Gasteiger partial charge in [0.15, 0.2) is 0 Å². The van der Waals surface area contributed by atoms with Crippen LogP contribution in [0.2, 0.25) is 0 Å². The zero-order valence-electron chi connectivity index (χ0n) is 10.2. The number of amides is 1. The van der Waals surface area contributed by atoms with Gasteiger partial charge in [0.2, 0.25) is 0 Å². The number of hydrazine groups is 1. The van der Waals surface area contributed by atoms with Crippen LogP contribution in [0.4, 0.5) is 10.7 Å². The zero-order chi connectivity index (χ0) is 13.9. The second kappa shape index (κ2) is 5.19. The van der Waals surface area contributed by atoms with Crippen LogP contribution >= 0.6 is 11.5 Å². The molecule has 3 rings (SSSR count). The molecule has 0 spiro atoms. The molecule has 0 fully saturated rings. The molecule has 1 aromatic carbocycles. The Kier molecular flexibility index (Phi) is 3.23. The van der Waals surface area contributed by atoms with Gasteiger partial charge in [0.05, 0.1) is 17.4 Å². The van der Waals surface area contributed by atoms with E-state index in [1.165, 1.54) is 6.20 Å². The van der Waals surface area contributed by atoms with E-state index in [2.05, 4.69) is 25.3 Å². The summed E-state index contributed by atoms with van der Waals surface area (Å²) in [5.74, 6) is 5.16. The Morgan fingerprint density at radius 2 is 2.15 bits per heavy atom. The largest absolute Gasteiger partial charge is 0.323 e. The lowest BCUT2D eigenvalue weighted by Gasteiger charge is -2.08. The number of fused-ring (bicyclic) bond motifs is 1. The average molecular weight is 286 g/mol. The van der Waals surface area contributed by atoms with Gasteiger partial charge in [-0.1, -0.05) is 22.7 Å². The van der Waals surface area contributed by atoms with Crippen LogP contribution in [0.3, 0.4) is 0 Å². The lowest BCUT2D eigenvalue weighted by Crippen LogP contribution is -2.15. The van der Waals surface area contributed by atoms with Gasteiger partial charge >= 0.3 is 0 Å². The number of rotatable bonds is 3. The van der Waals surface area contributed by atoms with Crippen molar-refractivity contribution >= 4 is 39.0 Å². The van der Waals surface area contributed by atoms with Gasteiger partial charge < -0.3 is 10.7 Å². The van der Waals surface area contributed by atoms with E-state index in [4.69, 9.17) is 5.84 Å². The molecule has 7 nitrogen and oxygen atoms in total. The van der Waals surface area contributed by atoms with Gasteiger partial charge in [-0.25, -0.2) is 4.98 Å². The number of nitrogens with two attached hydrogens (primary N) is 1. The van der Waals surface area contributed by atoms with Crippen molar-refractivity contribution in [2.45, 2.75) is 0 Å². The maximum Gasteiger partial charge on any atom is 0.275 e. The topological polar surface area (TPSA) is 106 Å². The fourth-order valence-electron chi connectivity index (χ4n) is 1.81. The maximum absolute atomic E-state index is 12.1. The van der Waals surface area contributed by atoms with Crippen LogP contribution in [0.15, 0.2) is 36.5 Å². The molecule has 2 aromatic heterocycles. The molecule has 0 saturated carbocycles. The van der Waals surface area contributed by atoms with Gasteiger partial charge in [-0.2, -0.15) is 0 Å². The second-order valence-corrected chi connectivity index (χ2v) is 4.74. The molecule has 0 aliphatic rings. The van der Waals surface area contributed by atoms with E-state index in [-0.39, 0.29) is 11.6 Å². The summed E-state index contributed by atoms with van der Waals surface area (Å²) in [6.07, 6.45) is 1.48. The van der Waals surface area contributed by atoms with Crippen LogP contribution in [0, 0.1) is 0 Å². The van der Waals surface area contributed by atoms with Crippen LogP contribution in [-0.4, -0.2) is 20.5 Å². The van der Waals surface area contributed by atoms with E-state index >= 15 is 0 Å². The fraction of sp³-hybridized carbons (Fsp3) is 0. The number of para-hydroxylation sites is 1. The van der Waals surface area contributed by atoms with Crippen molar-refractivity contribution in [2.75, 3.05) is 10.7 Å². The summed E-state index contributed by atoms with van der Waals surface area (Å²) in [4.78, 5) is 16.5. The average Bonchev–Trinajstić information content (AvgIpc) is 2.99. The highest BCUT2D eigenvalue weighted by atomic mass is 32.1. The number of benzene rings is 1. The quantitative estimate of drug-likeness (QED) is 0.499. The lowest BCUT2D eigenvalue weighted by molar-refractivity contribution is 0.102. The molecule has 4 N–H and O–H groups in total. The van der Waals surface area contributed by atoms with Crippen LogP contribution in [0.25, 0.3) is 10.9 Å². The molecule has 2 heterocycles. The third-order valence-electron chi connectivity index (χ3n) is 2.70.